The van der Waals surface area contributed by atoms with Crippen LogP contribution in [-0.2, 0) is 4.74 Å². The first-order chi connectivity index (χ1) is 15.9. The first-order valence-electron chi connectivity index (χ1n) is 14.8. The fourth-order valence-electron chi connectivity index (χ4n) is 10.3. The molecule has 0 spiro atoms. The van der Waals surface area contributed by atoms with Crippen LogP contribution in [0, 0.1) is 52.3 Å². The Balaban J connectivity index is 1.50. The molecule has 0 radical (unpaired) electrons. The summed E-state index contributed by atoms with van der Waals surface area (Å²) in [5.74, 6) is 5.67. The summed E-state index contributed by atoms with van der Waals surface area (Å²) in [7, 11) is 0. The quantitative estimate of drug-likeness (QED) is 0.388. The number of hydrogen-bond acceptors (Lipinski definition) is 3. The molecule has 3 heteroatoms. The molecule has 4 saturated carbocycles. The Kier molecular flexibility index (Phi) is 7.63. The van der Waals surface area contributed by atoms with Gasteiger partial charge in [0.05, 0.1) is 24.4 Å². The highest BCUT2D eigenvalue weighted by Gasteiger charge is 2.65. The van der Waals surface area contributed by atoms with Crippen LogP contribution in [0.4, 0.5) is 0 Å². The first-order valence-corrected chi connectivity index (χ1v) is 14.8. The van der Waals surface area contributed by atoms with E-state index in [1.165, 1.54) is 57.8 Å². The van der Waals surface area contributed by atoms with Gasteiger partial charge in [0.2, 0.25) is 0 Å². The molecule has 3 nitrogen and oxygen atoms in total. The lowest BCUT2D eigenvalue weighted by Gasteiger charge is -2.65. The van der Waals surface area contributed by atoms with E-state index in [-0.39, 0.29) is 12.0 Å². The number of ether oxygens (including phenoxy) is 1. The van der Waals surface area contributed by atoms with Crippen LogP contribution in [0.3, 0.4) is 0 Å². The van der Waals surface area contributed by atoms with Crippen LogP contribution in [0.25, 0.3) is 0 Å². The summed E-state index contributed by atoms with van der Waals surface area (Å²) >= 11 is 0. The second-order valence-electron chi connectivity index (χ2n) is 14.6. The normalized spacial score (nSPS) is 49.4. The van der Waals surface area contributed by atoms with E-state index in [9.17, 15) is 10.2 Å². The molecule has 0 saturated heterocycles. The first kappa shape index (κ1) is 26.9. The predicted molar refractivity (Wildman–Crippen MR) is 141 cm³/mol. The Labute approximate surface area is 210 Å². The summed E-state index contributed by atoms with van der Waals surface area (Å²) in [5, 5.41) is 21.0. The van der Waals surface area contributed by atoms with Crippen LogP contribution in [0.1, 0.15) is 119 Å². The number of fused-ring (bicyclic) bond motifs is 5. The lowest BCUT2D eigenvalue weighted by molar-refractivity contribution is -0.250. The van der Waals surface area contributed by atoms with Crippen molar-refractivity contribution >= 4 is 0 Å². The van der Waals surface area contributed by atoms with E-state index in [1.54, 1.807) is 0 Å². The van der Waals surface area contributed by atoms with Crippen LogP contribution >= 0.6 is 0 Å². The van der Waals surface area contributed by atoms with E-state index in [0.717, 1.165) is 48.3 Å². The van der Waals surface area contributed by atoms with E-state index in [0.29, 0.717) is 17.9 Å². The third kappa shape index (κ3) is 4.43. The maximum atomic E-state index is 11.7. The van der Waals surface area contributed by atoms with Crippen LogP contribution in [0.15, 0.2) is 0 Å². The summed E-state index contributed by atoms with van der Waals surface area (Å²) in [6, 6.07) is 0. The van der Waals surface area contributed by atoms with Crippen LogP contribution in [-0.4, -0.2) is 34.6 Å². The molecule has 0 aromatic rings. The lowest BCUT2D eigenvalue weighted by Crippen LogP contribution is -2.65. The largest absolute Gasteiger partial charge is 0.394 e. The smallest absolute Gasteiger partial charge is 0.0941 e. The summed E-state index contributed by atoms with van der Waals surface area (Å²) < 4.78 is 6.14. The van der Waals surface area contributed by atoms with E-state index in [4.69, 9.17) is 4.74 Å². The van der Waals surface area contributed by atoms with Crippen LogP contribution in [0.2, 0.25) is 0 Å². The van der Waals surface area contributed by atoms with Gasteiger partial charge in [-0.15, -0.1) is 0 Å². The van der Waals surface area contributed by atoms with Gasteiger partial charge in [0.25, 0.3) is 0 Å². The van der Waals surface area contributed by atoms with E-state index < -0.39 is 11.2 Å². The van der Waals surface area contributed by atoms with E-state index in [2.05, 4.69) is 41.5 Å². The van der Waals surface area contributed by atoms with Crippen molar-refractivity contribution in [2.75, 3.05) is 13.2 Å². The molecule has 198 valence electrons. The number of aliphatic hydroxyl groups excluding tert-OH is 1. The average molecular weight is 477 g/mol. The lowest BCUT2D eigenvalue weighted by atomic mass is 9.42. The van der Waals surface area contributed by atoms with E-state index >= 15 is 0 Å². The third-order valence-electron chi connectivity index (χ3n) is 12.3. The maximum absolute atomic E-state index is 11.7. The maximum Gasteiger partial charge on any atom is 0.0941 e. The van der Waals surface area contributed by atoms with Crippen molar-refractivity contribution in [1.82, 2.24) is 0 Å². The van der Waals surface area contributed by atoms with Crippen LogP contribution in [0.5, 0.6) is 0 Å². The molecule has 0 aromatic heterocycles. The number of hydrogen-bond donors (Lipinski definition) is 2. The van der Waals surface area contributed by atoms with Gasteiger partial charge < -0.3 is 14.9 Å². The van der Waals surface area contributed by atoms with Gasteiger partial charge in [-0.05, 0) is 117 Å². The minimum Gasteiger partial charge on any atom is -0.394 e. The highest BCUT2D eigenvalue weighted by Crippen LogP contribution is 2.70. The monoisotopic (exact) mass is 476 g/mol. The summed E-state index contributed by atoms with van der Waals surface area (Å²) in [6.45, 7) is 16.9. The van der Waals surface area contributed by atoms with Gasteiger partial charge >= 0.3 is 0 Å². The van der Waals surface area contributed by atoms with Crippen molar-refractivity contribution < 1.29 is 14.9 Å². The van der Waals surface area contributed by atoms with E-state index in [1.807, 2.05) is 6.92 Å². The Morgan fingerprint density at radius 2 is 1.59 bits per heavy atom. The zero-order valence-corrected chi connectivity index (χ0v) is 23.5. The highest BCUT2D eigenvalue weighted by atomic mass is 16.5. The molecule has 2 N–H and O–H groups in total. The molecule has 0 aliphatic heterocycles. The van der Waals surface area contributed by atoms with Gasteiger partial charge in [-0.3, -0.25) is 0 Å². The van der Waals surface area contributed by atoms with Gasteiger partial charge in [-0.2, -0.15) is 0 Å². The Morgan fingerprint density at radius 1 is 0.882 bits per heavy atom. The minimum absolute atomic E-state index is 0.0234. The minimum atomic E-state index is -0.848. The molecule has 4 fully saturated rings. The SMILES string of the molecule is CC(C)CCC[C@@H](C)[C@H]1CC[C@H]2[C@@H]3CC[C@H]4C[C@@](C)(OCCO)[C@@](C)(O)C[C@]4(C)[C@H]3CC[C@]12C. The van der Waals surface area contributed by atoms with Crippen molar-refractivity contribution in [1.29, 1.82) is 0 Å². The predicted octanol–water partition coefficient (Wildman–Crippen LogP) is 7.24. The zero-order chi connectivity index (χ0) is 24.9. The summed E-state index contributed by atoms with van der Waals surface area (Å²) in [6.07, 6.45) is 14.2. The number of rotatable bonds is 8. The van der Waals surface area contributed by atoms with Crippen molar-refractivity contribution in [3.63, 3.8) is 0 Å². The van der Waals surface area contributed by atoms with Crippen molar-refractivity contribution in [2.45, 2.75) is 130 Å². The topological polar surface area (TPSA) is 49.7 Å². The standard InChI is InChI=1S/C31H56O3/c1-21(2)9-8-10-22(3)25-13-14-26-24-12-11-23-19-31(7,34-18-17-32)30(6,33)20-29(23,5)27(24)15-16-28(25,26)4/h21-27,32-33H,8-20H2,1-7H3/t22-,23+,24+,25-,26+,27+,28-,29+,30+,31-/m1/s1. The molecule has 0 unspecified atom stereocenters. The summed E-state index contributed by atoms with van der Waals surface area (Å²) in [5.41, 5.74) is -0.673. The molecule has 4 rings (SSSR count). The Hall–Kier alpha value is -0.120. The molecule has 0 bridgehead atoms. The van der Waals surface area contributed by atoms with Gasteiger partial charge in [-0.1, -0.05) is 53.9 Å². The Bertz CT molecular complexity index is 703. The molecule has 4 aliphatic rings. The third-order valence-corrected chi connectivity index (χ3v) is 12.3. The fourth-order valence-corrected chi connectivity index (χ4v) is 10.3. The molecule has 0 heterocycles. The second-order valence-corrected chi connectivity index (χ2v) is 14.6. The van der Waals surface area contributed by atoms with Gasteiger partial charge in [0.1, 0.15) is 0 Å². The van der Waals surface area contributed by atoms with Crippen LogP contribution < -0.4 is 0 Å². The molecular weight excluding hydrogens is 420 g/mol. The second kappa shape index (κ2) is 9.64. The molecule has 4 aliphatic carbocycles. The molecule has 0 amide bonds. The van der Waals surface area contributed by atoms with Gasteiger partial charge in [0.15, 0.2) is 0 Å². The van der Waals surface area contributed by atoms with Gasteiger partial charge in [0, 0.05) is 0 Å². The number of aliphatic hydroxyl groups is 2. The molecule has 34 heavy (non-hydrogen) atoms. The van der Waals surface area contributed by atoms with Crippen molar-refractivity contribution in [3.05, 3.63) is 0 Å². The average Bonchev–Trinajstić information content (AvgIpc) is 3.10. The van der Waals surface area contributed by atoms with Crippen molar-refractivity contribution in [2.24, 2.45) is 52.3 Å². The Morgan fingerprint density at radius 3 is 2.26 bits per heavy atom. The fraction of sp³-hybridized carbons (Fsp3) is 1.00. The van der Waals surface area contributed by atoms with Gasteiger partial charge in [-0.25, -0.2) is 0 Å². The molecule has 0 aromatic carbocycles. The van der Waals surface area contributed by atoms with Crippen molar-refractivity contribution in [3.8, 4) is 0 Å². The molecular formula is C31H56O3. The highest BCUT2D eigenvalue weighted by molar-refractivity contribution is 5.15. The zero-order valence-electron chi connectivity index (χ0n) is 23.5. The molecule has 10 atom stereocenters. The summed E-state index contributed by atoms with van der Waals surface area (Å²) in [4.78, 5) is 0.